The summed E-state index contributed by atoms with van der Waals surface area (Å²) in [5.74, 6) is -0.217. The number of amides is 1. The molecule has 7 nitrogen and oxygen atoms in total. The number of rotatable bonds is 8. The van der Waals surface area contributed by atoms with Crippen LogP contribution in [-0.4, -0.2) is 58.4 Å². The summed E-state index contributed by atoms with van der Waals surface area (Å²) < 4.78 is 28.5. The molecule has 0 atom stereocenters. The van der Waals surface area contributed by atoms with Crippen LogP contribution >= 0.6 is 23.7 Å². The molecule has 0 aliphatic carbocycles. The van der Waals surface area contributed by atoms with Crippen molar-refractivity contribution >= 4 is 60.7 Å². The Morgan fingerprint density at radius 1 is 0.919 bits per heavy atom. The number of para-hydroxylation sites is 1. The van der Waals surface area contributed by atoms with Crippen molar-refractivity contribution in [1.82, 2.24) is 9.88 Å². The van der Waals surface area contributed by atoms with Crippen LogP contribution in [0.15, 0.2) is 71.6 Å². The van der Waals surface area contributed by atoms with E-state index in [0.717, 1.165) is 21.3 Å². The van der Waals surface area contributed by atoms with Crippen molar-refractivity contribution in [2.75, 3.05) is 43.4 Å². The Kier molecular flexibility index (Phi) is 8.96. The van der Waals surface area contributed by atoms with Crippen molar-refractivity contribution in [3.63, 3.8) is 0 Å². The SMILES string of the molecule is Cc1cc(C)c2nc(N(CCN(C)C)C(=O)c3ccc(S(=O)(=O)N(C)c4ccccc4)cc3)sc2c1.Cl. The van der Waals surface area contributed by atoms with Gasteiger partial charge in [0.15, 0.2) is 5.13 Å². The van der Waals surface area contributed by atoms with Gasteiger partial charge in [0.25, 0.3) is 15.9 Å². The van der Waals surface area contributed by atoms with Crippen LogP contribution in [-0.2, 0) is 10.0 Å². The largest absolute Gasteiger partial charge is 0.308 e. The highest BCUT2D eigenvalue weighted by atomic mass is 35.5. The standard InChI is InChI=1S/C27H30N4O3S2.ClH/c1-19-17-20(2)25-24(18-19)35-27(28-25)31(16-15-29(3)4)26(32)21-11-13-23(14-12-21)36(33,34)30(5)22-9-7-6-8-10-22;/h6-14,17-18H,15-16H2,1-5H3;1H. The number of benzene rings is 3. The van der Waals surface area contributed by atoms with E-state index in [4.69, 9.17) is 4.98 Å². The third-order valence-electron chi connectivity index (χ3n) is 5.94. The van der Waals surface area contributed by atoms with E-state index in [0.29, 0.717) is 29.5 Å². The smallest absolute Gasteiger partial charge is 0.264 e. The zero-order chi connectivity index (χ0) is 26.0. The minimum Gasteiger partial charge on any atom is -0.308 e. The molecule has 3 aromatic carbocycles. The lowest BCUT2D eigenvalue weighted by Gasteiger charge is -2.22. The van der Waals surface area contributed by atoms with Gasteiger partial charge in [0.1, 0.15) is 0 Å². The number of hydrogen-bond donors (Lipinski definition) is 0. The summed E-state index contributed by atoms with van der Waals surface area (Å²) in [5, 5.41) is 0.631. The van der Waals surface area contributed by atoms with E-state index in [1.54, 1.807) is 41.3 Å². The average molecular weight is 559 g/mol. The molecule has 0 fully saturated rings. The summed E-state index contributed by atoms with van der Waals surface area (Å²) in [6.07, 6.45) is 0. The average Bonchev–Trinajstić information content (AvgIpc) is 3.28. The fourth-order valence-corrected chi connectivity index (χ4v) is 6.28. The van der Waals surface area contributed by atoms with Crippen LogP contribution in [0.5, 0.6) is 0 Å². The molecular formula is C27H31ClN4O3S2. The highest BCUT2D eigenvalue weighted by molar-refractivity contribution is 7.92. The molecule has 1 heterocycles. The summed E-state index contributed by atoms with van der Waals surface area (Å²) in [7, 11) is 1.67. The number of aryl methyl sites for hydroxylation is 2. The number of nitrogens with zero attached hydrogens (tertiary/aromatic N) is 4. The van der Waals surface area contributed by atoms with Gasteiger partial charge in [-0.05, 0) is 81.5 Å². The monoisotopic (exact) mass is 558 g/mol. The lowest BCUT2D eigenvalue weighted by molar-refractivity contribution is 0.0985. The van der Waals surface area contributed by atoms with E-state index < -0.39 is 10.0 Å². The second-order valence-electron chi connectivity index (χ2n) is 9.02. The van der Waals surface area contributed by atoms with Crippen LogP contribution in [0.25, 0.3) is 10.2 Å². The molecule has 196 valence electrons. The number of likely N-dealkylation sites (N-methyl/N-ethyl adjacent to an activating group) is 1. The first-order chi connectivity index (χ1) is 17.1. The van der Waals surface area contributed by atoms with Crippen molar-refractivity contribution in [3.05, 3.63) is 83.4 Å². The first-order valence-electron chi connectivity index (χ1n) is 11.6. The number of carbonyl (C=O) groups is 1. The van der Waals surface area contributed by atoms with E-state index in [2.05, 4.69) is 12.1 Å². The number of fused-ring (bicyclic) bond motifs is 1. The molecule has 0 unspecified atom stereocenters. The highest BCUT2D eigenvalue weighted by Crippen LogP contribution is 2.32. The molecule has 0 saturated carbocycles. The molecular weight excluding hydrogens is 528 g/mol. The third-order valence-corrected chi connectivity index (χ3v) is 8.77. The molecule has 0 saturated heterocycles. The van der Waals surface area contributed by atoms with E-state index in [-0.39, 0.29) is 23.2 Å². The van der Waals surface area contributed by atoms with Gasteiger partial charge < -0.3 is 4.90 Å². The molecule has 1 aromatic heterocycles. The second kappa shape index (κ2) is 11.6. The molecule has 37 heavy (non-hydrogen) atoms. The normalized spacial score (nSPS) is 11.4. The number of carbonyl (C=O) groups excluding carboxylic acids is 1. The Labute approximate surface area is 228 Å². The topological polar surface area (TPSA) is 73.8 Å². The van der Waals surface area contributed by atoms with Gasteiger partial charge in [0, 0.05) is 25.7 Å². The van der Waals surface area contributed by atoms with E-state index in [1.165, 1.54) is 34.8 Å². The minimum atomic E-state index is -3.76. The van der Waals surface area contributed by atoms with Gasteiger partial charge >= 0.3 is 0 Å². The maximum Gasteiger partial charge on any atom is 0.264 e. The quantitative estimate of drug-likeness (QED) is 0.291. The van der Waals surface area contributed by atoms with Crippen molar-refractivity contribution in [2.45, 2.75) is 18.7 Å². The van der Waals surface area contributed by atoms with Crippen molar-refractivity contribution in [2.24, 2.45) is 0 Å². The molecule has 0 aliphatic rings. The number of hydrogen-bond acceptors (Lipinski definition) is 6. The van der Waals surface area contributed by atoms with Crippen LogP contribution in [0, 0.1) is 13.8 Å². The van der Waals surface area contributed by atoms with Gasteiger partial charge in [0.2, 0.25) is 0 Å². The Balaban J connectivity index is 0.00000380. The van der Waals surface area contributed by atoms with Crippen LogP contribution < -0.4 is 9.21 Å². The number of aromatic nitrogens is 1. The Hall–Kier alpha value is -2.98. The van der Waals surface area contributed by atoms with Crippen LogP contribution in [0.1, 0.15) is 21.5 Å². The van der Waals surface area contributed by atoms with Gasteiger partial charge in [0.05, 0.1) is 20.8 Å². The van der Waals surface area contributed by atoms with Gasteiger partial charge in [-0.25, -0.2) is 13.4 Å². The Bertz CT molecular complexity index is 1490. The van der Waals surface area contributed by atoms with Gasteiger partial charge in [-0.2, -0.15) is 0 Å². The molecule has 10 heteroatoms. The number of halogens is 1. The molecule has 4 rings (SSSR count). The van der Waals surface area contributed by atoms with Gasteiger partial charge in [-0.1, -0.05) is 35.6 Å². The fraction of sp³-hybridized carbons (Fsp3) is 0.259. The predicted molar refractivity (Wildman–Crippen MR) is 155 cm³/mol. The molecule has 4 aromatic rings. The number of anilines is 2. The molecule has 0 aliphatic heterocycles. The molecule has 0 N–H and O–H groups in total. The summed E-state index contributed by atoms with van der Waals surface area (Å²) in [4.78, 5) is 22.2. The van der Waals surface area contributed by atoms with Crippen molar-refractivity contribution in [1.29, 1.82) is 0 Å². The highest BCUT2D eigenvalue weighted by Gasteiger charge is 2.25. The van der Waals surface area contributed by atoms with E-state index >= 15 is 0 Å². The summed E-state index contributed by atoms with van der Waals surface area (Å²) in [5.41, 5.74) is 4.09. The molecule has 0 radical (unpaired) electrons. The van der Waals surface area contributed by atoms with Crippen LogP contribution in [0.3, 0.4) is 0 Å². The van der Waals surface area contributed by atoms with Crippen LogP contribution in [0.4, 0.5) is 10.8 Å². The second-order valence-corrected chi connectivity index (χ2v) is 12.0. The van der Waals surface area contributed by atoms with E-state index in [9.17, 15) is 13.2 Å². The van der Waals surface area contributed by atoms with Crippen molar-refractivity contribution in [3.8, 4) is 0 Å². The van der Waals surface area contributed by atoms with Gasteiger partial charge in [-0.3, -0.25) is 14.0 Å². The lowest BCUT2D eigenvalue weighted by atomic mass is 10.1. The Morgan fingerprint density at radius 3 is 2.19 bits per heavy atom. The zero-order valence-corrected chi connectivity index (χ0v) is 24.0. The minimum absolute atomic E-state index is 0. The summed E-state index contributed by atoms with van der Waals surface area (Å²) in [6.45, 7) is 5.19. The summed E-state index contributed by atoms with van der Waals surface area (Å²) >= 11 is 1.49. The zero-order valence-electron chi connectivity index (χ0n) is 21.5. The summed E-state index contributed by atoms with van der Waals surface area (Å²) in [6, 6.07) is 19.2. The number of sulfonamides is 1. The molecule has 1 amide bonds. The van der Waals surface area contributed by atoms with Gasteiger partial charge in [-0.15, -0.1) is 12.4 Å². The maximum atomic E-state index is 13.6. The van der Waals surface area contributed by atoms with E-state index in [1.807, 2.05) is 38.9 Å². The predicted octanol–water partition coefficient (Wildman–Crippen LogP) is 5.37. The number of thiazole rings is 1. The third kappa shape index (κ3) is 6.13. The lowest BCUT2D eigenvalue weighted by Crippen LogP contribution is -2.36. The first-order valence-corrected chi connectivity index (χ1v) is 13.8. The maximum absolute atomic E-state index is 13.6. The fourth-order valence-electron chi connectivity index (χ4n) is 3.92. The van der Waals surface area contributed by atoms with Crippen molar-refractivity contribution < 1.29 is 13.2 Å². The molecule has 0 bridgehead atoms. The Morgan fingerprint density at radius 2 is 1.57 bits per heavy atom. The van der Waals surface area contributed by atoms with Crippen LogP contribution in [0.2, 0.25) is 0 Å². The molecule has 0 spiro atoms. The first kappa shape index (κ1) is 28.6.